The van der Waals surface area contributed by atoms with Crippen LogP contribution in [0, 0.1) is 6.92 Å². The maximum Gasteiger partial charge on any atom is 0.171 e. The third kappa shape index (κ3) is 1.98. The van der Waals surface area contributed by atoms with Crippen molar-refractivity contribution in [2.45, 2.75) is 11.9 Å². The third-order valence-corrected chi connectivity index (χ3v) is 4.68. The second-order valence-electron chi connectivity index (χ2n) is 4.56. The Morgan fingerprint density at radius 2 is 1.94 bits per heavy atom. The molecule has 1 heterocycles. The zero-order valence-electron chi connectivity index (χ0n) is 9.98. The van der Waals surface area contributed by atoms with Gasteiger partial charge in [0.25, 0.3) is 0 Å². The van der Waals surface area contributed by atoms with E-state index < -0.39 is 5.00 Å². The number of benzene rings is 2. The lowest BCUT2D eigenvalue weighted by atomic mass is 10.0. The molecule has 2 aromatic rings. The van der Waals surface area contributed by atoms with Gasteiger partial charge in [-0.15, -0.1) is 0 Å². The van der Waals surface area contributed by atoms with Gasteiger partial charge in [0.15, 0.2) is 10.2 Å². The molecule has 0 aromatic heterocycles. The van der Waals surface area contributed by atoms with E-state index in [1.54, 1.807) is 0 Å². The van der Waals surface area contributed by atoms with Gasteiger partial charge in [0.05, 0.1) is 0 Å². The van der Waals surface area contributed by atoms with Gasteiger partial charge in [-0.05, 0) is 29.3 Å². The number of aryl methyl sites for hydroxylation is 1. The highest BCUT2D eigenvalue weighted by Crippen LogP contribution is 2.40. The second-order valence-corrected chi connectivity index (χ2v) is 6.18. The summed E-state index contributed by atoms with van der Waals surface area (Å²) in [6, 6.07) is 12.6. The van der Waals surface area contributed by atoms with Crippen LogP contribution in [0.25, 0.3) is 10.8 Å². The van der Waals surface area contributed by atoms with Crippen LogP contribution in [0.5, 0.6) is 0 Å². The molecular formula is C14H13ClN2S. The molecule has 18 heavy (non-hydrogen) atoms. The van der Waals surface area contributed by atoms with Crippen molar-refractivity contribution in [2.24, 2.45) is 10.7 Å². The van der Waals surface area contributed by atoms with Gasteiger partial charge in [0, 0.05) is 5.75 Å². The second kappa shape index (κ2) is 4.18. The summed E-state index contributed by atoms with van der Waals surface area (Å²) in [5.74, 6) is 0.692. The van der Waals surface area contributed by atoms with Crippen molar-refractivity contribution >= 4 is 39.3 Å². The van der Waals surface area contributed by atoms with Crippen LogP contribution >= 0.6 is 23.4 Å². The van der Waals surface area contributed by atoms with E-state index in [4.69, 9.17) is 17.3 Å². The topological polar surface area (TPSA) is 38.4 Å². The van der Waals surface area contributed by atoms with Gasteiger partial charge in [0.2, 0.25) is 0 Å². The fourth-order valence-electron chi connectivity index (χ4n) is 2.16. The molecule has 0 saturated carbocycles. The van der Waals surface area contributed by atoms with E-state index >= 15 is 0 Å². The SMILES string of the molecule is Cc1ccc2cc(C3(Cl)CSC(N)=N3)ccc2c1. The Balaban J connectivity index is 2.12. The first-order chi connectivity index (χ1) is 8.57. The molecule has 3 rings (SSSR count). The summed E-state index contributed by atoms with van der Waals surface area (Å²) in [5, 5.41) is 2.97. The molecule has 2 aromatic carbocycles. The summed E-state index contributed by atoms with van der Waals surface area (Å²) in [7, 11) is 0. The van der Waals surface area contributed by atoms with Crippen molar-refractivity contribution in [1.29, 1.82) is 0 Å². The zero-order valence-corrected chi connectivity index (χ0v) is 11.6. The summed E-state index contributed by atoms with van der Waals surface area (Å²) in [6.07, 6.45) is 0. The molecule has 1 atom stereocenters. The molecule has 4 heteroatoms. The Bertz CT molecular complexity index is 653. The minimum Gasteiger partial charge on any atom is -0.378 e. The van der Waals surface area contributed by atoms with Gasteiger partial charge in [-0.3, -0.25) is 0 Å². The molecule has 0 saturated heterocycles. The number of aliphatic imine (C=N–C) groups is 1. The molecule has 92 valence electrons. The number of thioether (sulfide) groups is 1. The molecule has 0 fully saturated rings. The first-order valence-electron chi connectivity index (χ1n) is 5.75. The standard InChI is InChI=1S/C14H13ClN2S/c1-9-2-3-11-7-12(5-4-10(11)6-9)14(15)8-18-13(16)17-14/h2-7H,8H2,1H3,(H2,16,17). The number of hydrogen-bond donors (Lipinski definition) is 1. The molecule has 1 aliphatic rings. The summed E-state index contributed by atoms with van der Waals surface area (Å²) in [5.41, 5.74) is 7.98. The van der Waals surface area contributed by atoms with Gasteiger partial charge >= 0.3 is 0 Å². The number of rotatable bonds is 1. The van der Waals surface area contributed by atoms with Crippen LogP contribution in [-0.2, 0) is 5.00 Å². The first kappa shape index (κ1) is 11.9. The van der Waals surface area contributed by atoms with Gasteiger partial charge in [0.1, 0.15) is 0 Å². The first-order valence-corrected chi connectivity index (χ1v) is 7.11. The summed E-state index contributed by atoms with van der Waals surface area (Å²) < 4.78 is 0. The molecule has 0 spiro atoms. The van der Waals surface area contributed by atoms with E-state index in [0.717, 1.165) is 5.56 Å². The van der Waals surface area contributed by atoms with Crippen LogP contribution in [0.3, 0.4) is 0 Å². The normalized spacial score (nSPS) is 23.3. The van der Waals surface area contributed by atoms with Crippen LogP contribution in [0.1, 0.15) is 11.1 Å². The van der Waals surface area contributed by atoms with E-state index in [1.807, 2.05) is 6.07 Å². The average molecular weight is 277 g/mol. The largest absolute Gasteiger partial charge is 0.378 e. The van der Waals surface area contributed by atoms with E-state index in [-0.39, 0.29) is 0 Å². The van der Waals surface area contributed by atoms with Crippen molar-refractivity contribution in [3.05, 3.63) is 47.5 Å². The van der Waals surface area contributed by atoms with Crippen LogP contribution in [0.2, 0.25) is 0 Å². The average Bonchev–Trinajstić information content (AvgIpc) is 2.70. The maximum absolute atomic E-state index is 6.53. The molecule has 0 radical (unpaired) electrons. The number of alkyl halides is 1. The van der Waals surface area contributed by atoms with Gasteiger partial charge in [-0.1, -0.05) is 59.3 Å². The quantitative estimate of drug-likeness (QED) is 0.638. The van der Waals surface area contributed by atoms with Crippen LogP contribution in [0.15, 0.2) is 41.4 Å². The van der Waals surface area contributed by atoms with E-state index in [0.29, 0.717) is 10.9 Å². The maximum atomic E-state index is 6.53. The Morgan fingerprint density at radius 3 is 2.67 bits per heavy atom. The van der Waals surface area contributed by atoms with Crippen molar-refractivity contribution in [2.75, 3.05) is 5.75 Å². The number of halogens is 1. The summed E-state index contributed by atoms with van der Waals surface area (Å²) in [4.78, 5) is 3.64. The number of nitrogens with zero attached hydrogens (tertiary/aromatic N) is 1. The van der Waals surface area contributed by atoms with Crippen molar-refractivity contribution in [1.82, 2.24) is 0 Å². The Hall–Kier alpha value is -1.19. The summed E-state index contributed by atoms with van der Waals surface area (Å²) in [6.45, 7) is 2.09. The molecule has 0 amide bonds. The number of fused-ring (bicyclic) bond motifs is 1. The molecule has 1 unspecified atom stereocenters. The highest BCUT2D eigenvalue weighted by molar-refractivity contribution is 8.14. The molecule has 2 N–H and O–H groups in total. The Labute approximate surface area is 115 Å². The number of amidine groups is 1. The van der Waals surface area contributed by atoms with Crippen molar-refractivity contribution < 1.29 is 0 Å². The van der Waals surface area contributed by atoms with Crippen LogP contribution in [-0.4, -0.2) is 10.9 Å². The highest BCUT2D eigenvalue weighted by atomic mass is 35.5. The fourth-order valence-corrected chi connectivity index (χ4v) is 3.37. The Morgan fingerprint density at radius 1 is 1.22 bits per heavy atom. The predicted octanol–water partition coefficient (Wildman–Crippen LogP) is 3.60. The minimum atomic E-state index is -0.701. The van der Waals surface area contributed by atoms with Crippen LogP contribution in [0.4, 0.5) is 0 Å². The molecular weight excluding hydrogens is 264 g/mol. The van der Waals surface area contributed by atoms with Gasteiger partial charge < -0.3 is 5.73 Å². The smallest absolute Gasteiger partial charge is 0.171 e. The third-order valence-electron chi connectivity index (χ3n) is 3.14. The van der Waals surface area contributed by atoms with E-state index in [1.165, 1.54) is 28.1 Å². The number of hydrogen-bond acceptors (Lipinski definition) is 3. The minimum absolute atomic E-state index is 0.564. The summed E-state index contributed by atoms with van der Waals surface area (Å²) >= 11 is 8.04. The lowest BCUT2D eigenvalue weighted by Crippen LogP contribution is -2.15. The molecule has 0 aliphatic carbocycles. The van der Waals surface area contributed by atoms with Crippen LogP contribution < -0.4 is 5.73 Å². The van der Waals surface area contributed by atoms with E-state index in [2.05, 4.69) is 42.2 Å². The fraction of sp³-hybridized carbons (Fsp3) is 0.214. The highest BCUT2D eigenvalue weighted by Gasteiger charge is 2.34. The lowest BCUT2D eigenvalue weighted by Gasteiger charge is -2.17. The van der Waals surface area contributed by atoms with Gasteiger partial charge in [-0.2, -0.15) is 0 Å². The monoisotopic (exact) mass is 276 g/mol. The molecule has 2 nitrogen and oxygen atoms in total. The Kier molecular flexibility index (Phi) is 2.76. The van der Waals surface area contributed by atoms with Gasteiger partial charge in [-0.25, -0.2) is 4.99 Å². The van der Waals surface area contributed by atoms with Crippen molar-refractivity contribution in [3.63, 3.8) is 0 Å². The number of nitrogens with two attached hydrogens (primary N) is 1. The van der Waals surface area contributed by atoms with Crippen molar-refractivity contribution in [3.8, 4) is 0 Å². The van der Waals surface area contributed by atoms with E-state index in [9.17, 15) is 0 Å². The zero-order chi connectivity index (χ0) is 12.8. The molecule has 1 aliphatic heterocycles. The predicted molar refractivity (Wildman–Crippen MR) is 80.3 cm³/mol. The molecule has 0 bridgehead atoms. The lowest BCUT2D eigenvalue weighted by molar-refractivity contribution is 0.752.